The van der Waals surface area contributed by atoms with Crippen LogP contribution < -0.4 is 5.32 Å². The van der Waals surface area contributed by atoms with Crippen LogP contribution in [-0.4, -0.2) is 26.2 Å². The number of carbonyl (C=O) groups excluding carboxylic acids is 1. The molecule has 0 spiro atoms. The maximum atomic E-state index is 11.5. The van der Waals surface area contributed by atoms with Crippen molar-refractivity contribution in [1.29, 1.82) is 0 Å². The normalized spacial score (nSPS) is 12.1. The van der Waals surface area contributed by atoms with E-state index >= 15 is 0 Å². The van der Waals surface area contributed by atoms with Crippen LogP contribution in [-0.2, 0) is 9.53 Å². The van der Waals surface area contributed by atoms with Crippen molar-refractivity contribution in [2.24, 2.45) is 0 Å². The Morgan fingerprint density at radius 1 is 1.38 bits per heavy atom. The Kier molecular flexibility index (Phi) is 5.57. The van der Waals surface area contributed by atoms with Crippen LogP contribution >= 0.6 is 0 Å². The summed E-state index contributed by atoms with van der Waals surface area (Å²) in [4.78, 5) is 11.5. The van der Waals surface area contributed by atoms with Gasteiger partial charge in [-0.05, 0) is 11.5 Å². The van der Waals surface area contributed by atoms with Gasteiger partial charge >= 0.3 is 0 Å². The molecule has 0 saturated heterocycles. The molecular formula is C13H19NO2. The van der Waals surface area contributed by atoms with Crippen LogP contribution in [0.3, 0.4) is 0 Å². The van der Waals surface area contributed by atoms with Crippen LogP contribution in [0, 0.1) is 0 Å². The Morgan fingerprint density at radius 2 is 2.06 bits per heavy atom. The van der Waals surface area contributed by atoms with Gasteiger partial charge in [-0.25, -0.2) is 0 Å². The number of carbonyl (C=O) groups is 1. The summed E-state index contributed by atoms with van der Waals surface area (Å²) in [5.74, 6) is 0.331. The molecule has 16 heavy (non-hydrogen) atoms. The van der Waals surface area contributed by atoms with E-state index in [1.165, 1.54) is 5.56 Å². The maximum Gasteiger partial charge on any atom is 0.220 e. The summed E-state index contributed by atoms with van der Waals surface area (Å²) in [7, 11) is 1.62. The zero-order chi connectivity index (χ0) is 11.8. The zero-order valence-corrected chi connectivity index (χ0v) is 9.90. The van der Waals surface area contributed by atoms with Crippen molar-refractivity contribution in [2.45, 2.75) is 19.3 Å². The molecule has 0 aromatic heterocycles. The Hall–Kier alpha value is -1.35. The second-order valence-electron chi connectivity index (χ2n) is 3.86. The Bertz CT molecular complexity index is 311. The number of nitrogens with one attached hydrogen (secondary N) is 1. The fourth-order valence-electron chi connectivity index (χ4n) is 1.54. The van der Waals surface area contributed by atoms with E-state index in [0.717, 1.165) is 0 Å². The highest BCUT2D eigenvalue weighted by Gasteiger charge is 2.09. The molecule has 1 aromatic carbocycles. The standard InChI is InChI=1S/C13H19NO2/c1-11(12-6-4-3-5-7-12)10-13(15)14-8-9-16-2/h3-7,11H,8-10H2,1-2H3,(H,14,15). The predicted octanol–water partition coefficient (Wildman–Crippen LogP) is 1.94. The van der Waals surface area contributed by atoms with Gasteiger partial charge in [0.2, 0.25) is 5.91 Å². The van der Waals surface area contributed by atoms with Crippen LogP contribution in [0.2, 0.25) is 0 Å². The molecule has 1 rings (SSSR count). The smallest absolute Gasteiger partial charge is 0.220 e. The minimum Gasteiger partial charge on any atom is -0.383 e. The summed E-state index contributed by atoms with van der Waals surface area (Å²) < 4.78 is 4.87. The fraction of sp³-hybridized carbons (Fsp3) is 0.462. The molecule has 0 heterocycles. The summed E-state index contributed by atoms with van der Waals surface area (Å²) in [5, 5.41) is 2.82. The number of amides is 1. The summed E-state index contributed by atoms with van der Waals surface area (Å²) in [6, 6.07) is 10.1. The average molecular weight is 221 g/mol. The van der Waals surface area contributed by atoms with Crippen molar-refractivity contribution >= 4 is 5.91 Å². The molecular weight excluding hydrogens is 202 g/mol. The molecule has 0 aliphatic carbocycles. The SMILES string of the molecule is COCCNC(=O)CC(C)c1ccccc1. The van der Waals surface area contributed by atoms with Gasteiger partial charge in [-0.3, -0.25) is 4.79 Å². The van der Waals surface area contributed by atoms with Gasteiger partial charge in [0.25, 0.3) is 0 Å². The first-order chi connectivity index (χ1) is 7.74. The predicted molar refractivity (Wildman–Crippen MR) is 64.4 cm³/mol. The van der Waals surface area contributed by atoms with Crippen molar-refractivity contribution in [3.8, 4) is 0 Å². The van der Waals surface area contributed by atoms with Gasteiger partial charge in [-0.2, -0.15) is 0 Å². The molecule has 0 bridgehead atoms. The quantitative estimate of drug-likeness (QED) is 0.745. The molecule has 0 aliphatic heterocycles. The van der Waals surface area contributed by atoms with E-state index in [2.05, 4.69) is 12.2 Å². The van der Waals surface area contributed by atoms with Crippen LogP contribution in [0.5, 0.6) is 0 Å². The third kappa shape index (κ3) is 4.45. The molecule has 1 unspecified atom stereocenters. The molecule has 0 fully saturated rings. The first-order valence-electron chi connectivity index (χ1n) is 5.54. The average Bonchev–Trinajstić information content (AvgIpc) is 2.30. The van der Waals surface area contributed by atoms with E-state index < -0.39 is 0 Å². The van der Waals surface area contributed by atoms with Gasteiger partial charge in [0.1, 0.15) is 0 Å². The van der Waals surface area contributed by atoms with E-state index in [1.54, 1.807) is 7.11 Å². The maximum absolute atomic E-state index is 11.5. The third-order valence-electron chi connectivity index (χ3n) is 2.49. The Labute approximate surface area is 96.8 Å². The highest BCUT2D eigenvalue weighted by molar-refractivity contribution is 5.76. The molecule has 1 atom stereocenters. The molecule has 1 amide bonds. The third-order valence-corrected chi connectivity index (χ3v) is 2.49. The zero-order valence-electron chi connectivity index (χ0n) is 9.90. The van der Waals surface area contributed by atoms with Gasteiger partial charge in [0.15, 0.2) is 0 Å². The van der Waals surface area contributed by atoms with Gasteiger partial charge in [-0.15, -0.1) is 0 Å². The molecule has 0 radical (unpaired) electrons. The van der Waals surface area contributed by atoms with E-state index in [9.17, 15) is 4.79 Å². The molecule has 0 aliphatic rings. The van der Waals surface area contributed by atoms with Crippen LogP contribution in [0.15, 0.2) is 30.3 Å². The summed E-state index contributed by atoms with van der Waals surface area (Å²) >= 11 is 0. The van der Waals surface area contributed by atoms with Gasteiger partial charge < -0.3 is 10.1 Å². The summed E-state index contributed by atoms with van der Waals surface area (Å²) in [6.45, 7) is 3.20. The van der Waals surface area contributed by atoms with Gasteiger partial charge in [-0.1, -0.05) is 37.3 Å². The van der Waals surface area contributed by atoms with Crippen molar-refractivity contribution in [3.05, 3.63) is 35.9 Å². The van der Waals surface area contributed by atoms with E-state index in [4.69, 9.17) is 4.74 Å². The first kappa shape index (κ1) is 12.7. The topological polar surface area (TPSA) is 38.3 Å². The largest absolute Gasteiger partial charge is 0.383 e. The lowest BCUT2D eigenvalue weighted by atomic mass is 9.98. The second kappa shape index (κ2) is 7.01. The van der Waals surface area contributed by atoms with Gasteiger partial charge in [0.05, 0.1) is 6.61 Å². The fourth-order valence-corrected chi connectivity index (χ4v) is 1.54. The molecule has 1 N–H and O–H groups in total. The number of ether oxygens (including phenoxy) is 1. The van der Waals surface area contributed by atoms with E-state index in [0.29, 0.717) is 19.6 Å². The molecule has 3 nitrogen and oxygen atoms in total. The van der Waals surface area contributed by atoms with E-state index in [-0.39, 0.29) is 11.8 Å². The number of benzene rings is 1. The Morgan fingerprint density at radius 3 is 2.69 bits per heavy atom. The second-order valence-corrected chi connectivity index (χ2v) is 3.86. The van der Waals surface area contributed by atoms with Crippen molar-refractivity contribution < 1.29 is 9.53 Å². The Balaban J connectivity index is 2.34. The number of methoxy groups -OCH3 is 1. The summed E-state index contributed by atoms with van der Waals surface area (Å²) in [5.41, 5.74) is 1.20. The lowest BCUT2D eigenvalue weighted by Crippen LogP contribution is -2.27. The molecule has 88 valence electrons. The van der Waals surface area contributed by atoms with Crippen molar-refractivity contribution in [2.75, 3.05) is 20.3 Å². The van der Waals surface area contributed by atoms with Crippen molar-refractivity contribution in [1.82, 2.24) is 5.32 Å². The minimum absolute atomic E-state index is 0.0772. The number of hydrogen-bond acceptors (Lipinski definition) is 2. The lowest BCUT2D eigenvalue weighted by Gasteiger charge is -2.11. The molecule has 3 heteroatoms. The van der Waals surface area contributed by atoms with Gasteiger partial charge in [0, 0.05) is 20.1 Å². The monoisotopic (exact) mass is 221 g/mol. The summed E-state index contributed by atoms with van der Waals surface area (Å²) in [6.07, 6.45) is 0.522. The minimum atomic E-state index is 0.0772. The molecule has 1 aromatic rings. The van der Waals surface area contributed by atoms with Crippen LogP contribution in [0.25, 0.3) is 0 Å². The number of hydrogen-bond donors (Lipinski definition) is 1. The highest BCUT2D eigenvalue weighted by Crippen LogP contribution is 2.17. The van der Waals surface area contributed by atoms with Crippen LogP contribution in [0.1, 0.15) is 24.8 Å². The van der Waals surface area contributed by atoms with E-state index in [1.807, 2.05) is 30.3 Å². The first-order valence-corrected chi connectivity index (χ1v) is 5.54. The lowest BCUT2D eigenvalue weighted by molar-refractivity contribution is -0.121. The molecule has 0 saturated carbocycles. The van der Waals surface area contributed by atoms with Crippen molar-refractivity contribution in [3.63, 3.8) is 0 Å². The number of rotatable bonds is 6. The highest BCUT2D eigenvalue weighted by atomic mass is 16.5. The van der Waals surface area contributed by atoms with Crippen LogP contribution in [0.4, 0.5) is 0 Å².